The van der Waals surface area contributed by atoms with Crippen LogP contribution in [0.15, 0.2) is 12.1 Å². The van der Waals surface area contributed by atoms with Gasteiger partial charge < -0.3 is 15.5 Å². The maximum Gasteiger partial charge on any atom is 0.257 e. The second kappa shape index (κ2) is 4.87. The van der Waals surface area contributed by atoms with Crippen LogP contribution in [0.4, 0.5) is 10.1 Å². The van der Waals surface area contributed by atoms with E-state index in [4.69, 9.17) is 5.73 Å². The molecular weight excluding hydrogens is 249 g/mol. The summed E-state index contributed by atoms with van der Waals surface area (Å²) in [5.74, 6) is -1.22. The molecule has 0 aliphatic carbocycles. The van der Waals surface area contributed by atoms with E-state index in [0.717, 1.165) is 0 Å². The monoisotopic (exact) mass is 265 g/mol. The van der Waals surface area contributed by atoms with Crippen LogP contribution in [0.1, 0.15) is 15.9 Å². The molecule has 2 amide bonds. The largest absolute Gasteiger partial charge is 0.399 e. The summed E-state index contributed by atoms with van der Waals surface area (Å²) in [5, 5.41) is 0. The molecule has 0 bridgehead atoms. The Kier molecular flexibility index (Phi) is 3.42. The SMILES string of the molecule is Cc1cc(N)cc(C(=O)N2CCN(C)C(=O)C2)c1F. The van der Waals surface area contributed by atoms with Crippen molar-refractivity contribution in [2.45, 2.75) is 6.92 Å². The topological polar surface area (TPSA) is 66.6 Å². The predicted octanol–water partition coefficient (Wildman–Crippen LogP) is 0.631. The number of aryl methyl sites for hydroxylation is 1. The molecule has 1 fully saturated rings. The van der Waals surface area contributed by atoms with Crippen molar-refractivity contribution in [3.8, 4) is 0 Å². The van der Waals surface area contributed by atoms with Gasteiger partial charge in [-0.25, -0.2) is 4.39 Å². The van der Waals surface area contributed by atoms with Crippen molar-refractivity contribution >= 4 is 17.5 Å². The summed E-state index contributed by atoms with van der Waals surface area (Å²) in [7, 11) is 1.68. The first-order chi connectivity index (χ1) is 8.90. The average molecular weight is 265 g/mol. The van der Waals surface area contributed by atoms with Gasteiger partial charge >= 0.3 is 0 Å². The van der Waals surface area contributed by atoms with Gasteiger partial charge in [-0.1, -0.05) is 0 Å². The van der Waals surface area contributed by atoms with E-state index in [0.29, 0.717) is 24.3 Å². The van der Waals surface area contributed by atoms with Gasteiger partial charge in [-0.2, -0.15) is 0 Å². The van der Waals surface area contributed by atoms with E-state index in [9.17, 15) is 14.0 Å². The Labute approximate surface area is 110 Å². The molecular formula is C13H16FN3O2. The Balaban J connectivity index is 2.28. The smallest absolute Gasteiger partial charge is 0.257 e. The molecule has 5 nitrogen and oxygen atoms in total. The second-order valence-electron chi connectivity index (χ2n) is 4.74. The lowest BCUT2D eigenvalue weighted by molar-refractivity contribution is -0.133. The highest BCUT2D eigenvalue weighted by molar-refractivity contribution is 5.98. The van der Waals surface area contributed by atoms with Crippen LogP contribution in [0, 0.1) is 12.7 Å². The van der Waals surface area contributed by atoms with Crippen LogP contribution < -0.4 is 5.73 Å². The number of hydrogen-bond donors (Lipinski definition) is 1. The Morgan fingerprint density at radius 2 is 2.05 bits per heavy atom. The molecule has 19 heavy (non-hydrogen) atoms. The lowest BCUT2D eigenvalue weighted by Crippen LogP contribution is -2.50. The van der Waals surface area contributed by atoms with E-state index in [1.54, 1.807) is 18.9 Å². The van der Waals surface area contributed by atoms with E-state index in [1.165, 1.54) is 17.0 Å². The van der Waals surface area contributed by atoms with Gasteiger partial charge in [0.15, 0.2) is 0 Å². The number of rotatable bonds is 1. The van der Waals surface area contributed by atoms with E-state index < -0.39 is 11.7 Å². The molecule has 1 aromatic rings. The van der Waals surface area contributed by atoms with Crippen molar-refractivity contribution in [1.82, 2.24) is 9.80 Å². The summed E-state index contributed by atoms with van der Waals surface area (Å²) in [5.41, 5.74) is 6.22. The molecule has 102 valence electrons. The molecule has 1 heterocycles. The number of carbonyl (C=O) groups excluding carboxylic acids is 2. The first-order valence-corrected chi connectivity index (χ1v) is 5.99. The Hall–Kier alpha value is -2.11. The molecule has 6 heteroatoms. The van der Waals surface area contributed by atoms with Crippen molar-refractivity contribution in [3.05, 3.63) is 29.1 Å². The molecule has 1 saturated heterocycles. The van der Waals surface area contributed by atoms with Gasteiger partial charge in [0.05, 0.1) is 5.56 Å². The molecule has 1 aromatic carbocycles. The van der Waals surface area contributed by atoms with Gasteiger partial charge in [0, 0.05) is 25.8 Å². The highest BCUT2D eigenvalue weighted by Crippen LogP contribution is 2.19. The highest BCUT2D eigenvalue weighted by atomic mass is 19.1. The first kappa shape index (κ1) is 13.3. The zero-order valence-electron chi connectivity index (χ0n) is 10.9. The highest BCUT2D eigenvalue weighted by Gasteiger charge is 2.27. The molecule has 1 aliphatic heterocycles. The third-order valence-electron chi connectivity index (χ3n) is 3.25. The molecule has 0 aromatic heterocycles. The maximum atomic E-state index is 14.0. The lowest BCUT2D eigenvalue weighted by Gasteiger charge is -2.32. The van der Waals surface area contributed by atoms with Crippen LogP contribution >= 0.6 is 0 Å². The van der Waals surface area contributed by atoms with Crippen molar-refractivity contribution in [2.75, 3.05) is 32.4 Å². The number of nitrogen functional groups attached to an aromatic ring is 1. The summed E-state index contributed by atoms with van der Waals surface area (Å²) in [4.78, 5) is 26.7. The number of benzene rings is 1. The van der Waals surface area contributed by atoms with Crippen LogP contribution in [-0.2, 0) is 4.79 Å². The van der Waals surface area contributed by atoms with E-state index in [2.05, 4.69) is 0 Å². The van der Waals surface area contributed by atoms with Gasteiger partial charge in [0.2, 0.25) is 5.91 Å². The fraction of sp³-hybridized carbons (Fsp3) is 0.385. The van der Waals surface area contributed by atoms with Crippen LogP contribution in [0.25, 0.3) is 0 Å². The molecule has 0 saturated carbocycles. The molecule has 2 rings (SSSR count). The number of halogens is 1. The minimum atomic E-state index is -0.578. The van der Waals surface area contributed by atoms with Gasteiger partial charge in [0.25, 0.3) is 5.91 Å². The molecule has 0 unspecified atom stereocenters. The third kappa shape index (κ3) is 2.52. The number of hydrogen-bond acceptors (Lipinski definition) is 3. The molecule has 0 spiro atoms. The van der Waals surface area contributed by atoms with Crippen molar-refractivity contribution in [3.63, 3.8) is 0 Å². The lowest BCUT2D eigenvalue weighted by atomic mass is 10.1. The predicted molar refractivity (Wildman–Crippen MR) is 69.1 cm³/mol. The van der Waals surface area contributed by atoms with Crippen molar-refractivity contribution in [1.29, 1.82) is 0 Å². The number of likely N-dealkylation sites (N-methyl/N-ethyl adjacent to an activating group) is 1. The maximum absolute atomic E-state index is 14.0. The van der Waals surface area contributed by atoms with Crippen LogP contribution in [0.3, 0.4) is 0 Å². The van der Waals surface area contributed by atoms with Gasteiger partial charge in [-0.3, -0.25) is 9.59 Å². The zero-order valence-corrected chi connectivity index (χ0v) is 10.9. The van der Waals surface area contributed by atoms with Gasteiger partial charge in [-0.05, 0) is 24.6 Å². The van der Waals surface area contributed by atoms with Crippen LogP contribution in [-0.4, -0.2) is 48.3 Å². The number of nitrogens with zero attached hydrogens (tertiary/aromatic N) is 2. The molecule has 0 radical (unpaired) electrons. The fourth-order valence-electron chi connectivity index (χ4n) is 2.06. The second-order valence-corrected chi connectivity index (χ2v) is 4.74. The van der Waals surface area contributed by atoms with Gasteiger partial charge in [-0.15, -0.1) is 0 Å². The standard InChI is InChI=1S/C13H16FN3O2/c1-8-5-9(15)6-10(12(8)14)13(19)17-4-3-16(2)11(18)7-17/h5-6H,3-4,7,15H2,1-2H3. The normalized spacial score (nSPS) is 15.8. The quantitative estimate of drug-likeness (QED) is 0.757. The van der Waals surface area contributed by atoms with Crippen LogP contribution in [0.5, 0.6) is 0 Å². The van der Waals surface area contributed by atoms with E-state index >= 15 is 0 Å². The minimum absolute atomic E-state index is 0.0252. The Bertz CT molecular complexity index is 545. The van der Waals surface area contributed by atoms with Gasteiger partial charge in [0.1, 0.15) is 12.4 Å². The summed E-state index contributed by atoms with van der Waals surface area (Å²) in [6.07, 6.45) is 0. The van der Waals surface area contributed by atoms with Crippen LogP contribution in [0.2, 0.25) is 0 Å². The summed E-state index contributed by atoms with van der Waals surface area (Å²) in [6.45, 7) is 2.38. The summed E-state index contributed by atoms with van der Waals surface area (Å²) >= 11 is 0. The first-order valence-electron chi connectivity index (χ1n) is 5.99. The average Bonchev–Trinajstić information content (AvgIpc) is 2.36. The third-order valence-corrected chi connectivity index (χ3v) is 3.25. The summed E-state index contributed by atoms with van der Waals surface area (Å²) in [6, 6.07) is 2.79. The fourth-order valence-corrected chi connectivity index (χ4v) is 2.06. The number of anilines is 1. The number of nitrogens with two attached hydrogens (primary N) is 1. The summed E-state index contributed by atoms with van der Waals surface area (Å²) < 4.78 is 14.0. The number of piperazine rings is 1. The van der Waals surface area contributed by atoms with E-state index in [1.807, 2.05) is 0 Å². The molecule has 1 aliphatic rings. The molecule has 0 atom stereocenters. The Morgan fingerprint density at radius 1 is 1.37 bits per heavy atom. The Morgan fingerprint density at radius 3 is 2.68 bits per heavy atom. The molecule has 2 N–H and O–H groups in total. The number of amides is 2. The minimum Gasteiger partial charge on any atom is -0.399 e. The van der Waals surface area contributed by atoms with E-state index in [-0.39, 0.29) is 18.0 Å². The van der Waals surface area contributed by atoms with Crippen molar-refractivity contribution < 1.29 is 14.0 Å². The van der Waals surface area contributed by atoms with Crippen molar-refractivity contribution in [2.24, 2.45) is 0 Å². The zero-order chi connectivity index (χ0) is 14.2. The number of carbonyl (C=O) groups is 2.